The molecule has 0 radical (unpaired) electrons. The van der Waals surface area contributed by atoms with Crippen molar-refractivity contribution in [3.05, 3.63) is 124 Å². The number of hydrogen-bond donors (Lipinski definition) is 2. The largest absolute Gasteiger partial charge is 0.467 e. The smallest absolute Gasteiger partial charge is 0.186 e. The number of aliphatic hydroxyl groups is 2. The molecule has 4 nitrogen and oxygen atoms in total. The Bertz CT molecular complexity index is 1210. The summed E-state index contributed by atoms with van der Waals surface area (Å²) < 4.78 is 10.8. The summed E-state index contributed by atoms with van der Waals surface area (Å²) in [6.45, 7) is 5.41. The quantitative estimate of drug-likeness (QED) is 0.461. The molecule has 0 spiro atoms. The van der Waals surface area contributed by atoms with Gasteiger partial charge in [-0.05, 0) is 66.3 Å². The van der Waals surface area contributed by atoms with E-state index in [1.54, 1.807) is 0 Å². The first-order valence-corrected chi connectivity index (χ1v) is 11.3. The normalized spacial score (nSPS) is 17.9. The van der Waals surface area contributed by atoms with Gasteiger partial charge in [0.05, 0.1) is 5.41 Å². The maximum atomic E-state index is 9.29. The minimum Gasteiger partial charge on any atom is -0.467 e. The summed E-state index contributed by atoms with van der Waals surface area (Å²) in [6, 6.07) is 20.7. The average molecular weight is 455 g/mol. The average Bonchev–Trinajstić information content (AvgIpc) is 2.90. The second-order valence-corrected chi connectivity index (χ2v) is 8.44. The summed E-state index contributed by atoms with van der Waals surface area (Å²) in [5.41, 5.74) is 6.92. The molecule has 0 saturated carbocycles. The van der Waals surface area contributed by atoms with E-state index in [-0.39, 0.29) is 13.6 Å². The topological polar surface area (TPSA) is 58.9 Å². The van der Waals surface area contributed by atoms with Crippen molar-refractivity contribution in [3.8, 4) is 11.5 Å². The van der Waals surface area contributed by atoms with Crippen molar-refractivity contribution in [1.82, 2.24) is 0 Å². The van der Waals surface area contributed by atoms with Crippen LogP contribution in [0.1, 0.15) is 40.3 Å². The van der Waals surface area contributed by atoms with Crippen LogP contribution in [0.25, 0.3) is 6.08 Å². The molecule has 2 N–H and O–H groups in total. The summed E-state index contributed by atoms with van der Waals surface area (Å²) in [5, 5.41) is 18.6. The van der Waals surface area contributed by atoms with E-state index < -0.39 is 5.41 Å². The highest BCUT2D eigenvalue weighted by Crippen LogP contribution is 2.48. The molecule has 0 unspecified atom stereocenters. The van der Waals surface area contributed by atoms with Gasteiger partial charge in [0.15, 0.2) is 13.6 Å². The second kappa shape index (κ2) is 10.1. The van der Waals surface area contributed by atoms with Gasteiger partial charge >= 0.3 is 0 Å². The summed E-state index contributed by atoms with van der Waals surface area (Å²) in [4.78, 5) is 0. The van der Waals surface area contributed by atoms with Crippen LogP contribution >= 0.6 is 0 Å². The maximum Gasteiger partial charge on any atom is 0.186 e. The molecule has 3 aromatic carbocycles. The molecule has 174 valence electrons. The van der Waals surface area contributed by atoms with E-state index in [0.29, 0.717) is 11.5 Å². The lowest BCUT2D eigenvalue weighted by atomic mass is 9.63. The summed E-state index contributed by atoms with van der Waals surface area (Å²) >= 11 is 0. The first-order chi connectivity index (χ1) is 16.5. The molecule has 0 fully saturated rings. The van der Waals surface area contributed by atoms with Gasteiger partial charge in [0, 0.05) is 0 Å². The molecule has 4 heteroatoms. The van der Waals surface area contributed by atoms with Crippen LogP contribution in [0.15, 0.2) is 90.5 Å². The van der Waals surface area contributed by atoms with E-state index >= 15 is 0 Å². The Balaban J connectivity index is 2.10. The van der Waals surface area contributed by atoms with E-state index in [2.05, 4.69) is 79.8 Å². The van der Waals surface area contributed by atoms with Gasteiger partial charge in [-0.1, -0.05) is 84.5 Å². The molecule has 0 saturated heterocycles. The maximum absolute atomic E-state index is 9.29. The van der Waals surface area contributed by atoms with Gasteiger partial charge in [-0.2, -0.15) is 0 Å². The molecule has 1 aliphatic carbocycles. The van der Waals surface area contributed by atoms with E-state index in [1.807, 2.05) is 32.1 Å². The SMILES string of the molecule is C\C1=C/C=C\C=C\c2ccccc2C1(c1ccc(OCO)c(C)c1)c1ccc(OCO)c(C)c1. The van der Waals surface area contributed by atoms with Crippen LogP contribution in [-0.2, 0) is 5.41 Å². The molecule has 34 heavy (non-hydrogen) atoms. The number of allylic oxidation sites excluding steroid dienone is 5. The fourth-order valence-electron chi connectivity index (χ4n) is 4.91. The first-order valence-electron chi connectivity index (χ1n) is 11.3. The molecular weight excluding hydrogens is 424 g/mol. The number of benzene rings is 3. The third-order valence-electron chi connectivity index (χ3n) is 6.46. The molecular formula is C30H30O4. The van der Waals surface area contributed by atoms with Crippen LogP contribution in [0.4, 0.5) is 0 Å². The van der Waals surface area contributed by atoms with Crippen LogP contribution in [0.2, 0.25) is 0 Å². The van der Waals surface area contributed by atoms with Gasteiger partial charge in [-0.15, -0.1) is 0 Å². The molecule has 0 aliphatic heterocycles. The van der Waals surface area contributed by atoms with Crippen molar-refractivity contribution < 1.29 is 19.7 Å². The van der Waals surface area contributed by atoms with Gasteiger partial charge in [-0.25, -0.2) is 0 Å². The summed E-state index contributed by atoms with van der Waals surface area (Å²) in [6.07, 6.45) is 10.5. The fraction of sp³-hybridized carbons (Fsp3) is 0.200. The monoisotopic (exact) mass is 454 g/mol. The standard InChI is InChI=1S/C30H30O4/c1-21-17-25(13-15-28(21)33-19-31)30(26-14-16-29(34-20-32)22(2)18-26)23(3)9-5-4-6-10-24-11-7-8-12-27(24)30/h4-18,31-32H,19-20H2,1-3H3/b5-4-,10-6+,23-9+. The highest BCUT2D eigenvalue weighted by atomic mass is 16.6. The van der Waals surface area contributed by atoms with Crippen LogP contribution in [0.5, 0.6) is 11.5 Å². The van der Waals surface area contributed by atoms with E-state index in [4.69, 9.17) is 9.47 Å². The molecule has 0 aromatic heterocycles. The number of aryl methyl sites for hydroxylation is 2. The highest BCUT2D eigenvalue weighted by Gasteiger charge is 2.40. The van der Waals surface area contributed by atoms with Gasteiger partial charge in [0.1, 0.15) is 11.5 Å². The van der Waals surface area contributed by atoms with E-state index in [9.17, 15) is 10.2 Å². The zero-order chi connectivity index (χ0) is 24.1. The van der Waals surface area contributed by atoms with Crippen molar-refractivity contribution in [3.63, 3.8) is 0 Å². The van der Waals surface area contributed by atoms with Gasteiger partial charge in [0.25, 0.3) is 0 Å². The Morgan fingerprint density at radius 2 is 1.29 bits per heavy atom. The number of ether oxygens (including phenoxy) is 2. The lowest BCUT2D eigenvalue weighted by molar-refractivity contribution is 0.0974. The third kappa shape index (κ3) is 4.18. The lowest BCUT2D eigenvalue weighted by Gasteiger charge is -2.39. The predicted octanol–water partition coefficient (Wildman–Crippen LogP) is 5.82. The lowest BCUT2D eigenvalue weighted by Crippen LogP contribution is -2.32. The van der Waals surface area contributed by atoms with Gasteiger partial charge < -0.3 is 19.7 Å². The Labute approximate surface area is 201 Å². The van der Waals surface area contributed by atoms with Crippen LogP contribution in [0.3, 0.4) is 0 Å². The van der Waals surface area contributed by atoms with Crippen molar-refractivity contribution in [2.45, 2.75) is 26.2 Å². The highest BCUT2D eigenvalue weighted by molar-refractivity contribution is 5.69. The summed E-state index contributed by atoms with van der Waals surface area (Å²) in [5.74, 6) is 1.31. The van der Waals surface area contributed by atoms with Crippen molar-refractivity contribution >= 4 is 6.08 Å². The number of aliphatic hydroxyl groups excluding tert-OH is 2. The Kier molecular flexibility index (Phi) is 7.01. The van der Waals surface area contributed by atoms with E-state index in [1.165, 1.54) is 0 Å². The molecule has 3 aromatic rings. The zero-order valence-electron chi connectivity index (χ0n) is 19.8. The second-order valence-electron chi connectivity index (χ2n) is 8.44. The zero-order valence-corrected chi connectivity index (χ0v) is 19.8. The third-order valence-corrected chi connectivity index (χ3v) is 6.46. The van der Waals surface area contributed by atoms with Gasteiger partial charge in [0.2, 0.25) is 0 Å². The van der Waals surface area contributed by atoms with Crippen LogP contribution in [0, 0.1) is 13.8 Å². The Morgan fingerprint density at radius 3 is 1.85 bits per heavy atom. The molecule has 0 amide bonds. The fourth-order valence-corrected chi connectivity index (χ4v) is 4.91. The molecule has 0 heterocycles. The Morgan fingerprint density at radius 1 is 0.706 bits per heavy atom. The minimum atomic E-state index is -0.597. The van der Waals surface area contributed by atoms with Crippen LogP contribution < -0.4 is 9.47 Å². The van der Waals surface area contributed by atoms with Crippen molar-refractivity contribution in [1.29, 1.82) is 0 Å². The van der Waals surface area contributed by atoms with Crippen molar-refractivity contribution in [2.24, 2.45) is 0 Å². The van der Waals surface area contributed by atoms with Crippen LogP contribution in [-0.4, -0.2) is 23.8 Å². The molecule has 0 bridgehead atoms. The summed E-state index contributed by atoms with van der Waals surface area (Å²) in [7, 11) is 0. The predicted molar refractivity (Wildman–Crippen MR) is 136 cm³/mol. The number of hydrogen-bond acceptors (Lipinski definition) is 4. The minimum absolute atomic E-state index is 0.367. The molecule has 1 aliphatic rings. The molecule has 0 atom stereocenters. The van der Waals surface area contributed by atoms with Crippen molar-refractivity contribution in [2.75, 3.05) is 13.6 Å². The molecule has 4 rings (SSSR count). The van der Waals surface area contributed by atoms with E-state index in [0.717, 1.165) is 39.0 Å². The first kappa shape index (κ1) is 23.6. The number of fused-ring (bicyclic) bond motifs is 1. The number of rotatable bonds is 6. The van der Waals surface area contributed by atoms with Gasteiger partial charge in [-0.3, -0.25) is 0 Å². The Hall–Kier alpha value is -3.60.